The molecule has 346 valence electrons. The summed E-state index contributed by atoms with van der Waals surface area (Å²) in [5, 5.41) is 18.4. The summed E-state index contributed by atoms with van der Waals surface area (Å²) < 4.78 is 32.7. The molecule has 0 saturated carbocycles. The molecule has 10 nitrogen and oxygen atoms in total. The maximum atomic E-state index is 12.6. The van der Waals surface area contributed by atoms with Gasteiger partial charge in [-0.1, -0.05) is 149 Å². The Labute approximate surface area is 369 Å². The number of hydrogen-bond acceptors (Lipinski definition) is 9. The Bertz CT molecular complexity index is 1370. The van der Waals surface area contributed by atoms with Crippen LogP contribution in [0.25, 0.3) is 0 Å². The minimum Gasteiger partial charge on any atom is -0.462 e. The molecular weight excluding hydrogens is 792 g/mol. The van der Waals surface area contributed by atoms with Gasteiger partial charge in [-0.15, -0.1) is 0 Å². The third-order valence-corrected chi connectivity index (χ3v) is 9.86. The number of allylic oxidation sites excluding steroid dienone is 18. The summed E-state index contributed by atoms with van der Waals surface area (Å²) in [6.45, 7) is 2.14. The highest BCUT2D eigenvalue weighted by molar-refractivity contribution is 7.47. The lowest BCUT2D eigenvalue weighted by molar-refractivity contribution is -0.161. The molecule has 0 amide bonds. The van der Waals surface area contributed by atoms with Gasteiger partial charge in [-0.2, -0.15) is 0 Å². The summed E-state index contributed by atoms with van der Waals surface area (Å²) in [5.41, 5.74) is 0. The molecule has 0 heterocycles. The quantitative estimate of drug-likeness (QED) is 0.0235. The van der Waals surface area contributed by atoms with E-state index in [0.717, 1.165) is 89.9 Å². The van der Waals surface area contributed by atoms with E-state index in [9.17, 15) is 24.2 Å². The topological polar surface area (TPSA) is 149 Å². The molecule has 3 N–H and O–H groups in total. The lowest BCUT2D eigenvalue weighted by Crippen LogP contribution is -2.29. The van der Waals surface area contributed by atoms with Crippen molar-refractivity contribution in [3.8, 4) is 0 Å². The zero-order chi connectivity index (χ0) is 44.8. The second kappa shape index (κ2) is 44.7. The van der Waals surface area contributed by atoms with Gasteiger partial charge in [0, 0.05) is 12.8 Å². The molecule has 61 heavy (non-hydrogen) atoms. The molecule has 0 aliphatic heterocycles. The highest BCUT2D eigenvalue weighted by Gasteiger charge is 2.27. The van der Waals surface area contributed by atoms with Crippen LogP contribution in [-0.2, 0) is 32.7 Å². The van der Waals surface area contributed by atoms with Crippen LogP contribution in [0.4, 0.5) is 0 Å². The van der Waals surface area contributed by atoms with Crippen molar-refractivity contribution in [2.24, 2.45) is 0 Å². The molecule has 1 unspecified atom stereocenters. The molecular formula is C50H81O10P. The predicted octanol–water partition coefficient (Wildman–Crippen LogP) is 12.6. The second-order valence-electron chi connectivity index (χ2n) is 14.7. The van der Waals surface area contributed by atoms with Crippen LogP contribution in [0.5, 0.6) is 0 Å². The Morgan fingerprint density at radius 2 is 0.902 bits per heavy atom. The molecule has 0 bridgehead atoms. The Balaban J connectivity index is 4.43. The van der Waals surface area contributed by atoms with E-state index in [0.29, 0.717) is 12.8 Å². The molecule has 0 aromatic rings. The molecule has 0 radical (unpaired) electrons. The molecule has 0 spiro atoms. The van der Waals surface area contributed by atoms with Gasteiger partial charge < -0.3 is 24.6 Å². The van der Waals surface area contributed by atoms with E-state index < -0.39 is 51.8 Å². The van der Waals surface area contributed by atoms with Gasteiger partial charge in [-0.25, -0.2) is 4.57 Å². The summed E-state index contributed by atoms with van der Waals surface area (Å²) >= 11 is 0. The monoisotopic (exact) mass is 873 g/mol. The molecule has 0 aliphatic rings. The molecule has 11 heteroatoms. The lowest BCUT2D eigenvalue weighted by Gasteiger charge is -2.20. The average molecular weight is 873 g/mol. The number of phosphoric ester groups is 1. The van der Waals surface area contributed by atoms with E-state index in [-0.39, 0.29) is 19.4 Å². The van der Waals surface area contributed by atoms with Gasteiger partial charge in [0.2, 0.25) is 0 Å². The minimum atomic E-state index is -4.65. The lowest BCUT2D eigenvalue weighted by atomic mass is 10.1. The number of carbonyl (C=O) groups excluding carboxylic acids is 2. The maximum absolute atomic E-state index is 12.6. The van der Waals surface area contributed by atoms with E-state index in [2.05, 4.69) is 128 Å². The minimum absolute atomic E-state index is 0.130. The van der Waals surface area contributed by atoms with Crippen LogP contribution in [0.2, 0.25) is 0 Å². The van der Waals surface area contributed by atoms with Crippen LogP contribution in [0, 0.1) is 0 Å². The number of ether oxygens (including phenoxy) is 2. The van der Waals surface area contributed by atoms with Gasteiger partial charge >= 0.3 is 19.8 Å². The SMILES string of the molecule is CC/C=C/C/C=C/C/C=C/C/C=C/C/C=C/CCCCCC(=O)O[C@H](COC(=O)CCCCC/C=C/C/C=C/C/C=C/C/C=C/CCCCC)COP(=O)(O)OC[C@@H](O)CO. The molecule has 0 saturated heterocycles. The second-order valence-corrected chi connectivity index (χ2v) is 16.1. The summed E-state index contributed by atoms with van der Waals surface area (Å²) in [6, 6.07) is 0. The van der Waals surface area contributed by atoms with E-state index in [1.165, 1.54) is 25.7 Å². The van der Waals surface area contributed by atoms with Crippen LogP contribution in [0.3, 0.4) is 0 Å². The van der Waals surface area contributed by atoms with Crippen LogP contribution in [0.15, 0.2) is 109 Å². The van der Waals surface area contributed by atoms with Gasteiger partial charge in [0.15, 0.2) is 6.10 Å². The largest absolute Gasteiger partial charge is 0.472 e. The van der Waals surface area contributed by atoms with Crippen molar-refractivity contribution in [2.45, 2.75) is 167 Å². The summed E-state index contributed by atoms with van der Waals surface area (Å²) in [7, 11) is -4.65. The third kappa shape index (κ3) is 44.5. The predicted molar refractivity (Wildman–Crippen MR) is 251 cm³/mol. The van der Waals surface area contributed by atoms with Crippen molar-refractivity contribution < 1.29 is 47.8 Å². The highest BCUT2D eigenvalue weighted by atomic mass is 31.2. The number of esters is 2. The highest BCUT2D eigenvalue weighted by Crippen LogP contribution is 2.43. The van der Waals surface area contributed by atoms with Gasteiger partial charge in [0.1, 0.15) is 12.7 Å². The summed E-state index contributed by atoms with van der Waals surface area (Å²) in [6.07, 6.45) is 56.2. The number of rotatable bonds is 41. The smallest absolute Gasteiger partial charge is 0.462 e. The van der Waals surface area contributed by atoms with Crippen molar-refractivity contribution >= 4 is 19.8 Å². The first-order valence-electron chi connectivity index (χ1n) is 22.8. The first-order chi connectivity index (χ1) is 29.7. The van der Waals surface area contributed by atoms with Gasteiger partial charge in [-0.3, -0.25) is 18.6 Å². The average Bonchev–Trinajstić information content (AvgIpc) is 3.25. The van der Waals surface area contributed by atoms with Crippen LogP contribution < -0.4 is 0 Å². The fourth-order valence-electron chi connectivity index (χ4n) is 5.41. The summed E-state index contributed by atoms with van der Waals surface area (Å²) in [4.78, 5) is 35.1. The standard InChI is InChI=1S/C50H81O10P/c1-3-5-7-9-11-13-15-17-19-21-23-25-27-29-31-33-35-37-39-41-49(53)57-45-48(46-59-61(55,56)58-44-47(52)43-51)60-50(54)42-40-38-36-34-32-30-28-26-24-22-20-18-16-14-12-10-8-6-4-2/h6,8,11-14,17-20,23-26,29-32,47-48,51-52H,3-5,7,9-10,15-16,21-22,27-28,33-46H2,1-2H3,(H,55,56)/b8-6+,13-11+,14-12+,19-17+,20-18+,25-23+,26-24+,31-29+,32-30+/t47-,48+/m0/s1. The molecule has 0 aromatic heterocycles. The van der Waals surface area contributed by atoms with Crippen LogP contribution in [0.1, 0.15) is 155 Å². The molecule has 0 rings (SSSR count). The fraction of sp³-hybridized carbons (Fsp3) is 0.600. The first kappa shape index (κ1) is 57.6. The van der Waals surface area contributed by atoms with E-state index in [1.54, 1.807) is 0 Å². The maximum Gasteiger partial charge on any atom is 0.472 e. The van der Waals surface area contributed by atoms with Gasteiger partial charge in [0.25, 0.3) is 0 Å². The van der Waals surface area contributed by atoms with Crippen molar-refractivity contribution in [2.75, 3.05) is 26.4 Å². The van der Waals surface area contributed by atoms with E-state index >= 15 is 0 Å². The van der Waals surface area contributed by atoms with Crippen molar-refractivity contribution in [3.63, 3.8) is 0 Å². The van der Waals surface area contributed by atoms with Crippen LogP contribution >= 0.6 is 7.82 Å². The normalized spacial score (nSPS) is 14.8. The number of unbranched alkanes of at least 4 members (excludes halogenated alkanes) is 9. The number of carbonyl (C=O) groups is 2. The zero-order valence-corrected chi connectivity index (χ0v) is 38.5. The first-order valence-corrected chi connectivity index (χ1v) is 24.3. The molecule has 0 aliphatic carbocycles. The zero-order valence-electron chi connectivity index (χ0n) is 37.6. The Morgan fingerprint density at radius 3 is 1.33 bits per heavy atom. The number of aliphatic hydroxyl groups excluding tert-OH is 2. The molecule has 3 atom stereocenters. The Hall–Kier alpha value is -3.37. The Kier molecular flexibility index (Phi) is 42.2. The summed E-state index contributed by atoms with van der Waals surface area (Å²) in [5.74, 6) is -1.01. The number of phosphoric acid groups is 1. The molecule has 0 fully saturated rings. The van der Waals surface area contributed by atoms with Gasteiger partial charge in [-0.05, 0) is 103 Å². The van der Waals surface area contributed by atoms with Gasteiger partial charge in [0.05, 0.1) is 19.8 Å². The van der Waals surface area contributed by atoms with Crippen molar-refractivity contribution in [3.05, 3.63) is 109 Å². The van der Waals surface area contributed by atoms with Crippen LogP contribution in [-0.4, -0.2) is 65.7 Å². The van der Waals surface area contributed by atoms with E-state index in [4.69, 9.17) is 19.1 Å². The number of aliphatic hydroxyl groups is 2. The molecule has 0 aromatic carbocycles. The fourth-order valence-corrected chi connectivity index (χ4v) is 6.20. The Morgan fingerprint density at radius 1 is 0.508 bits per heavy atom. The van der Waals surface area contributed by atoms with Crippen molar-refractivity contribution in [1.29, 1.82) is 0 Å². The van der Waals surface area contributed by atoms with E-state index in [1.807, 2.05) is 0 Å². The number of hydrogen-bond donors (Lipinski definition) is 3. The van der Waals surface area contributed by atoms with Crippen molar-refractivity contribution in [1.82, 2.24) is 0 Å². The third-order valence-electron chi connectivity index (χ3n) is 8.91.